The first-order valence-electron chi connectivity index (χ1n) is 5.07. The molecule has 14 heavy (non-hydrogen) atoms. The molecule has 0 bridgehead atoms. The predicted molar refractivity (Wildman–Crippen MR) is 57.5 cm³/mol. The van der Waals surface area contributed by atoms with Gasteiger partial charge >= 0.3 is 0 Å². The summed E-state index contributed by atoms with van der Waals surface area (Å²) in [5, 5.41) is 0. The van der Waals surface area contributed by atoms with Crippen LogP contribution >= 0.6 is 0 Å². The van der Waals surface area contributed by atoms with Gasteiger partial charge in [-0.3, -0.25) is 4.79 Å². The maximum absolute atomic E-state index is 11.9. The summed E-state index contributed by atoms with van der Waals surface area (Å²) in [6.45, 7) is 5.56. The third-order valence-electron chi connectivity index (χ3n) is 2.36. The Labute approximate surface area is 85.7 Å². The summed E-state index contributed by atoms with van der Waals surface area (Å²) in [4.78, 5) is 15.7. The third-order valence-corrected chi connectivity index (χ3v) is 2.36. The molecule has 3 nitrogen and oxygen atoms in total. The molecule has 1 amide bonds. The highest BCUT2D eigenvalue weighted by Gasteiger charge is 2.16. The van der Waals surface area contributed by atoms with Crippen molar-refractivity contribution in [1.29, 1.82) is 0 Å². The van der Waals surface area contributed by atoms with Crippen LogP contribution in [-0.4, -0.2) is 35.8 Å². The molecule has 0 saturated heterocycles. The molecule has 0 atom stereocenters. The van der Waals surface area contributed by atoms with E-state index in [-0.39, 0.29) is 5.91 Å². The molecule has 0 aliphatic carbocycles. The van der Waals surface area contributed by atoms with Crippen LogP contribution in [-0.2, 0) is 4.79 Å². The molecule has 78 valence electrons. The lowest BCUT2D eigenvalue weighted by molar-refractivity contribution is -0.126. The van der Waals surface area contributed by atoms with E-state index in [9.17, 15) is 4.79 Å². The summed E-state index contributed by atoms with van der Waals surface area (Å²) in [7, 11) is 1.94. The van der Waals surface area contributed by atoms with Crippen LogP contribution < -0.4 is 0 Å². The van der Waals surface area contributed by atoms with Crippen molar-refractivity contribution in [3.8, 4) is 0 Å². The Morgan fingerprint density at radius 3 is 2.64 bits per heavy atom. The second-order valence-corrected chi connectivity index (χ2v) is 3.39. The van der Waals surface area contributed by atoms with Crippen LogP contribution in [0.2, 0.25) is 0 Å². The minimum Gasteiger partial charge on any atom is -0.357 e. The molecular formula is C11H18N2O. The van der Waals surface area contributed by atoms with Gasteiger partial charge in [0.1, 0.15) is 0 Å². The average molecular weight is 194 g/mol. The van der Waals surface area contributed by atoms with Crippen LogP contribution in [0.3, 0.4) is 0 Å². The van der Waals surface area contributed by atoms with E-state index in [1.165, 1.54) is 0 Å². The monoisotopic (exact) mass is 194 g/mol. The predicted octanol–water partition coefficient (Wildman–Crippen LogP) is 1.59. The van der Waals surface area contributed by atoms with E-state index in [2.05, 4.69) is 0 Å². The fourth-order valence-corrected chi connectivity index (χ4v) is 1.54. The van der Waals surface area contributed by atoms with Crippen LogP contribution in [0.15, 0.2) is 24.0 Å². The topological polar surface area (TPSA) is 23.6 Å². The van der Waals surface area contributed by atoms with Crippen LogP contribution in [0.1, 0.15) is 20.3 Å². The van der Waals surface area contributed by atoms with E-state index in [0.29, 0.717) is 0 Å². The number of likely N-dealkylation sites (N-methyl/N-ethyl adjacent to an activating group) is 1. The first-order chi connectivity index (χ1) is 6.69. The van der Waals surface area contributed by atoms with E-state index in [1.54, 1.807) is 0 Å². The summed E-state index contributed by atoms with van der Waals surface area (Å²) >= 11 is 0. The smallest absolute Gasteiger partial charge is 0.251 e. The number of rotatable bonds is 3. The molecule has 0 aromatic rings. The maximum atomic E-state index is 11.9. The van der Waals surface area contributed by atoms with Crippen molar-refractivity contribution in [2.24, 2.45) is 0 Å². The summed E-state index contributed by atoms with van der Waals surface area (Å²) in [6, 6.07) is 0. The van der Waals surface area contributed by atoms with Gasteiger partial charge < -0.3 is 9.80 Å². The van der Waals surface area contributed by atoms with Gasteiger partial charge in [-0.25, -0.2) is 0 Å². The first kappa shape index (κ1) is 10.8. The molecule has 0 fully saturated rings. The van der Waals surface area contributed by atoms with Gasteiger partial charge in [0.05, 0.1) is 0 Å². The Hall–Kier alpha value is -1.25. The second-order valence-electron chi connectivity index (χ2n) is 3.39. The highest BCUT2D eigenvalue weighted by molar-refractivity contribution is 5.93. The zero-order valence-corrected chi connectivity index (χ0v) is 9.16. The summed E-state index contributed by atoms with van der Waals surface area (Å²) < 4.78 is 0. The van der Waals surface area contributed by atoms with E-state index < -0.39 is 0 Å². The molecule has 1 heterocycles. The van der Waals surface area contributed by atoms with Crippen molar-refractivity contribution < 1.29 is 4.79 Å². The van der Waals surface area contributed by atoms with Gasteiger partial charge in [-0.15, -0.1) is 0 Å². The van der Waals surface area contributed by atoms with Crippen molar-refractivity contribution in [3.05, 3.63) is 24.0 Å². The standard InChI is InChI=1S/C11H18N2O/c1-4-13(5-2)11(14)10-7-6-8-12(3)9-10/h6,8-9H,4-5,7H2,1-3H3. The number of allylic oxidation sites excluding steroid dienone is 1. The summed E-state index contributed by atoms with van der Waals surface area (Å²) in [5.74, 6) is 0.159. The van der Waals surface area contributed by atoms with Crippen molar-refractivity contribution in [3.63, 3.8) is 0 Å². The zero-order valence-electron chi connectivity index (χ0n) is 9.16. The fraction of sp³-hybridized carbons (Fsp3) is 0.545. The van der Waals surface area contributed by atoms with Gasteiger partial charge in [0.15, 0.2) is 0 Å². The van der Waals surface area contributed by atoms with Crippen LogP contribution in [0, 0.1) is 0 Å². The molecule has 0 aromatic heterocycles. The first-order valence-corrected chi connectivity index (χ1v) is 5.07. The number of hydrogen-bond acceptors (Lipinski definition) is 2. The molecule has 0 saturated carbocycles. The van der Waals surface area contributed by atoms with Crippen LogP contribution in [0.25, 0.3) is 0 Å². The molecule has 0 aromatic carbocycles. The number of carbonyl (C=O) groups is 1. The molecule has 1 rings (SSSR count). The largest absolute Gasteiger partial charge is 0.357 e. The summed E-state index contributed by atoms with van der Waals surface area (Å²) in [5.41, 5.74) is 0.874. The van der Waals surface area contributed by atoms with Gasteiger partial charge in [0.25, 0.3) is 5.91 Å². The molecule has 0 spiro atoms. The molecular weight excluding hydrogens is 176 g/mol. The Morgan fingerprint density at radius 1 is 1.50 bits per heavy atom. The van der Waals surface area contributed by atoms with Gasteiger partial charge in [-0.2, -0.15) is 0 Å². The average Bonchev–Trinajstić information content (AvgIpc) is 2.19. The Balaban J connectivity index is 2.69. The van der Waals surface area contributed by atoms with Crippen molar-refractivity contribution in [1.82, 2.24) is 9.80 Å². The molecule has 0 radical (unpaired) electrons. The highest BCUT2D eigenvalue weighted by atomic mass is 16.2. The fourth-order valence-electron chi connectivity index (χ4n) is 1.54. The Kier molecular flexibility index (Phi) is 3.74. The number of carbonyl (C=O) groups excluding carboxylic acids is 1. The lowest BCUT2D eigenvalue weighted by Gasteiger charge is -2.23. The quantitative estimate of drug-likeness (QED) is 0.681. The second kappa shape index (κ2) is 4.84. The lowest BCUT2D eigenvalue weighted by Crippen LogP contribution is -2.32. The molecule has 3 heteroatoms. The molecule has 1 aliphatic heterocycles. The van der Waals surface area contributed by atoms with Gasteiger partial charge in [-0.05, 0) is 26.5 Å². The van der Waals surface area contributed by atoms with E-state index in [4.69, 9.17) is 0 Å². The van der Waals surface area contributed by atoms with Crippen LogP contribution in [0.5, 0.6) is 0 Å². The minimum absolute atomic E-state index is 0.159. The lowest BCUT2D eigenvalue weighted by atomic mass is 10.1. The van der Waals surface area contributed by atoms with Gasteiger partial charge in [-0.1, -0.05) is 6.08 Å². The maximum Gasteiger partial charge on any atom is 0.251 e. The van der Waals surface area contributed by atoms with E-state index in [1.807, 2.05) is 49.2 Å². The third kappa shape index (κ3) is 2.37. The highest BCUT2D eigenvalue weighted by Crippen LogP contribution is 2.13. The van der Waals surface area contributed by atoms with Crippen LogP contribution in [0.4, 0.5) is 0 Å². The Bertz CT molecular complexity index is 264. The van der Waals surface area contributed by atoms with Crippen molar-refractivity contribution in [2.45, 2.75) is 20.3 Å². The van der Waals surface area contributed by atoms with Crippen molar-refractivity contribution >= 4 is 5.91 Å². The minimum atomic E-state index is 0.159. The number of nitrogens with zero attached hydrogens (tertiary/aromatic N) is 2. The zero-order chi connectivity index (χ0) is 10.6. The normalized spacial score (nSPS) is 15.4. The van der Waals surface area contributed by atoms with Gasteiger partial charge in [0, 0.05) is 31.9 Å². The molecule has 0 N–H and O–H groups in total. The van der Waals surface area contributed by atoms with Crippen molar-refractivity contribution in [2.75, 3.05) is 20.1 Å². The SMILES string of the molecule is CCN(CC)C(=O)C1=CN(C)C=CC1. The Morgan fingerprint density at radius 2 is 2.14 bits per heavy atom. The molecule has 0 unspecified atom stereocenters. The summed E-state index contributed by atoms with van der Waals surface area (Å²) in [6.07, 6.45) is 6.63. The number of hydrogen-bond donors (Lipinski definition) is 0. The van der Waals surface area contributed by atoms with E-state index >= 15 is 0 Å². The molecule has 1 aliphatic rings. The number of amides is 1. The van der Waals surface area contributed by atoms with E-state index in [0.717, 1.165) is 25.1 Å². The van der Waals surface area contributed by atoms with Gasteiger partial charge in [0.2, 0.25) is 0 Å².